The van der Waals surface area contributed by atoms with Gasteiger partial charge in [-0.3, -0.25) is 9.36 Å². The highest BCUT2D eigenvalue weighted by molar-refractivity contribution is 6.34. The van der Waals surface area contributed by atoms with E-state index in [4.69, 9.17) is 33.9 Å². The monoisotopic (exact) mass is 540 g/mol. The van der Waals surface area contributed by atoms with Gasteiger partial charge in [-0.25, -0.2) is 9.78 Å². The average Bonchev–Trinajstić information content (AvgIpc) is 3.17. The maximum Gasteiger partial charge on any atom is 0.352 e. The molecule has 2 aromatic heterocycles. The number of carbonyl (C=O) groups is 1. The number of nitrogens with zero attached hydrogens (tertiary/aromatic N) is 5. The average molecular weight is 541 g/mol. The molecule has 37 heavy (non-hydrogen) atoms. The summed E-state index contributed by atoms with van der Waals surface area (Å²) in [5.74, 6) is 0.158. The smallest absolute Gasteiger partial charge is 0.330 e. The van der Waals surface area contributed by atoms with Crippen molar-refractivity contribution in [3.8, 4) is 0 Å². The SMILES string of the molecule is Cc1nn2c(=O)n(Cc3ccccc3)c(C(C(C)C)N(CCCN)C(=O)c3ccc(Cl)cc3)nc2c1Cl. The van der Waals surface area contributed by atoms with E-state index in [0.29, 0.717) is 46.6 Å². The molecule has 2 aromatic carbocycles. The number of fused-ring (bicyclic) bond motifs is 1. The van der Waals surface area contributed by atoms with Crippen LogP contribution in [-0.2, 0) is 6.54 Å². The summed E-state index contributed by atoms with van der Waals surface area (Å²) in [6.45, 7) is 6.79. The summed E-state index contributed by atoms with van der Waals surface area (Å²) in [6, 6.07) is 15.9. The molecule has 8 nitrogen and oxygen atoms in total. The number of carbonyl (C=O) groups excluding carboxylic acids is 1. The first-order valence-corrected chi connectivity index (χ1v) is 12.9. The summed E-state index contributed by atoms with van der Waals surface area (Å²) < 4.78 is 2.81. The fourth-order valence-corrected chi connectivity index (χ4v) is 4.72. The standard InChI is InChI=1S/C27H30Cl2N6O2/c1-17(2)23(33(15-7-14-30)26(36)20-10-12-21(28)13-11-20)25-31-24-22(29)18(3)32-35(24)27(37)34(25)16-19-8-5-4-6-9-19/h4-6,8-13,17,23H,7,14-16,30H2,1-3H3. The lowest BCUT2D eigenvalue weighted by Gasteiger charge is -2.35. The van der Waals surface area contributed by atoms with Crippen molar-refractivity contribution < 1.29 is 4.79 Å². The van der Waals surface area contributed by atoms with Gasteiger partial charge in [0.2, 0.25) is 0 Å². The molecule has 4 rings (SSSR count). The minimum atomic E-state index is -0.539. The lowest BCUT2D eigenvalue weighted by Crippen LogP contribution is -2.43. The van der Waals surface area contributed by atoms with E-state index in [1.807, 2.05) is 44.2 Å². The minimum absolute atomic E-state index is 0.0896. The largest absolute Gasteiger partial charge is 0.352 e. The number of rotatable bonds is 9. The van der Waals surface area contributed by atoms with Gasteiger partial charge in [0, 0.05) is 17.1 Å². The molecule has 0 aliphatic carbocycles. The minimum Gasteiger partial charge on any atom is -0.330 e. The molecule has 1 amide bonds. The maximum atomic E-state index is 13.9. The van der Waals surface area contributed by atoms with Crippen LogP contribution in [-0.4, -0.2) is 43.1 Å². The first-order valence-electron chi connectivity index (χ1n) is 12.2. The zero-order valence-electron chi connectivity index (χ0n) is 21.1. The third-order valence-corrected chi connectivity index (χ3v) is 6.94. The van der Waals surface area contributed by atoms with Gasteiger partial charge in [0.25, 0.3) is 5.91 Å². The number of benzene rings is 2. The number of nitrogens with two attached hydrogens (primary N) is 1. The molecular formula is C27H30Cl2N6O2. The molecule has 0 radical (unpaired) electrons. The van der Waals surface area contributed by atoms with Crippen LogP contribution < -0.4 is 11.4 Å². The quantitative estimate of drug-likeness (QED) is 0.330. The highest BCUT2D eigenvalue weighted by Gasteiger charge is 2.33. The number of hydrogen-bond donors (Lipinski definition) is 1. The van der Waals surface area contributed by atoms with E-state index in [2.05, 4.69) is 5.10 Å². The van der Waals surface area contributed by atoms with Crippen molar-refractivity contribution in [2.75, 3.05) is 13.1 Å². The zero-order chi connectivity index (χ0) is 26.7. The first-order chi connectivity index (χ1) is 17.7. The molecule has 194 valence electrons. The molecule has 10 heteroatoms. The van der Waals surface area contributed by atoms with Gasteiger partial charge < -0.3 is 10.6 Å². The van der Waals surface area contributed by atoms with Gasteiger partial charge in [-0.05, 0) is 55.6 Å². The van der Waals surface area contributed by atoms with Crippen LogP contribution in [0.1, 0.15) is 53.7 Å². The lowest BCUT2D eigenvalue weighted by molar-refractivity contribution is 0.0601. The Bertz CT molecular complexity index is 1450. The maximum absolute atomic E-state index is 13.9. The Kier molecular flexibility index (Phi) is 8.32. The van der Waals surface area contributed by atoms with E-state index in [9.17, 15) is 9.59 Å². The van der Waals surface area contributed by atoms with Crippen molar-refractivity contribution in [2.24, 2.45) is 11.7 Å². The van der Waals surface area contributed by atoms with E-state index < -0.39 is 6.04 Å². The fourth-order valence-electron chi connectivity index (χ4n) is 4.43. The predicted octanol–water partition coefficient (Wildman–Crippen LogP) is 4.74. The molecule has 1 atom stereocenters. The van der Waals surface area contributed by atoms with Gasteiger partial charge in [0.05, 0.1) is 18.3 Å². The normalized spacial score (nSPS) is 12.3. The second-order valence-corrected chi connectivity index (χ2v) is 10.1. The highest BCUT2D eigenvalue weighted by Crippen LogP contribution is 2.31. The molecule has 0 saturated carbocycles. The van der Waals surface area contributed by atoms with Crippen LogP contribution in [0.4, 0.5) is 0 Å². The molecule has 0 aliphatic heterocycles. The van der Waals surface area contributed by atoms with Crippen molar-refractivity contribution in [3.63, 3.8) is 0 Å². The summed E-state index contributed by atoms with van der Waals surface area (Å²) >= 11 is 12.6. The van der Waals surface area contributed by atoms with Crippen molar-refractivity contribution in [1.82, 2.24) is 24.1 Å². The van der Waals surface area contributed by atoms with Crippen molar-refractivity contribution >= 4 is 34.8 Å². The molecule has 2 heterocycles. The summed E-state index contributed by atoms with van der Waals surface area (Å²) in [4.78, 5) is 34.3. The van der Waals surface area contributed by atoms with Crippen LogP contribution in [0.15, 0.2) is 59.4 Å². The molecular weight excluding hydrogens is 511 g/mol. The Morgan fingerprint density at radius 1 is 1.08 bits per heavy atom. The van der Waals surface area contributed by atoms with Crippen LogP contribution in [0.5, 0.6) is 0 Å². The van der Waals surface area contributed by atoms with E-state index in [0.717, 1.165) is 5.56 Å². The lowest BCUT2D eigenvalue weighted by atomic mass is 9.99. The fraction of sp³-hybridized carbons (Fsp3) is 0.333. The van der Waals surface area contributed by atoms with Gasteiger partial charge >= 0.3 is 5.69 Å². The summed E-state index contributed by atoms with van der Waals surface area (Å²) in [6.07, 6.45) is 0.584. The van der Waals surface area contributed by atoms with E-state index in [-0.39, 0.29) is 29.7 Å². The molecule has 2 N–H and O–H groups in total. The number of hydrogen-bond acceptors (Lipinski definition) is 5. The van der Waals surface area contributed by atoms with Crippen LogP contribution in [0.2, 0.25) is 10.0 Å². The Morgan fingerprint density at radius 3 is 2.38 bits per heavy atom. The number of aromatic nitrogens is 4. The van der Waals surface area contributed by atoms with Crippen LogP contribution >= 0.6 is 23.2 Å². The zero-order valence-corrected chi connectivity index (χ0v) is 22.6. The van der Waals surface area contributed by atoms with E-state index in [1.54, 1.807) is 40.7 Å². The van der Waals surface area contributed by atoms with Crippen LogP contribution in [0, 0.1) is 12.8 Å². The van der Waals surface area contributed by atoms with Crippen LogP contribution in [0.3, 0.4) is 0 Å². The summed E-state index contributed by atoms with van der Waals surface area (Å²) in [5.41, 5.74) is 7.66. The number of amides is 1. The Hall–Kier alpha value is -3.20. The van der Waals surface area contributed by atoms with Gasteiger partial charge in [0.1, 0.15) is 10.8 Å². The number of aryl methyl sites for hydroxylation is 1. The Morgan fingerprint density at radius 2 is 1.76 bits per heavy atom. The summed E-state index contributed by atoms with van der Waals surface area (Å²) in [7, 11) is 0. The molecule has 0 spiro atoms. The second kappa shape index (κ2) is 11.5. The van der Waals surface area contributed by atoms with Gasteiger partial charge in [-0.1, -0.05) is 67.4 Å². The third-order valence-electron chi connectivity index (χ3n) is 6.24. The number of halogens is 2. The van der Waals surface area contributed by atoms with Crippen molar-refractivity contribution in [1.29, 1.82) is 0 Å². The van der Waals surface area contributed by atoms with E-state index in [1.165, 1.54) is 4.52 Å². The van der Waals surface area contributed by atoms with Crippen molar-refractivity contribution in [3.05, 3.63) is 97.8 Å². The van der Waals surface area contributed by atoms with Crippen LogP contribution in [0.25, 0.3) is 5.65 Å². The molecule has 0 fully saturated rings. The molecule has 1 unspecified atom stereocenters. The molecule has 0 bridgehead atoms. The molecule has 4 aromatic rings. The van der Waals surface area contributed by atoms with Crippen molar-refractivity contribution in [2.45, 2.75) is 39.8 Å². The van der Waals surface area contributed by atoms with Gasteiger partial charge in [-0.2, -0.15) is 9.61 Å². The predicted molar refractivity (Wildman–Crippen MR) is 146 cm³/mol. The molecule has 0 saturated heterocycles. The Labute approximate surface area is 225 Å². The second-order valence-electron chi connectivity index (χ2n) is 9.30. The third kappa shape index (κ3) is 5.56. The van der Waals surface area contributed by atoms with Gasteiger partial charge in [-0.15, -0.1) is 0 Å². The topological polar surface area (TPSA) is 98.5 Å². The molecule has 0 aliphatic rings. The first kappa shape index (κ1) is 26.9. The highest BCUT2D eigenvalue weighted by atomic mass is 35.5. The summed E-state index contributed by atoms with van der Waals surface area (Å²) in [5, 5.41) is 5.18. The van der Waals surface area contributed by atoms with E-state index >= 15 is 0 Å². The Balaban J connectivity index is 1.94. The van der Waals surface area contributed by atoms with Gasteiger partial charge in [0.15, 0.2) is 5.65 Å².